The van der Waals surface area contributed by atoms with Crippen LogP contribution in [0.3, 0.4) is 0 Å². The molecule has 9 aromatic carbocycles. The Hall–Kier alpha value is -8.61. The normalized spacial score (nSPS) is 13.1. The Kier molecular flexibility index (Phi) is 6.56. The number of fused-ring (bicyclic) bond motifs is 9. The topological polar surface area (TPSA) is 61.7 Å². The molecule has 0 N–H and O–H groups in total. The Morgan fingerprint density at radius 2 is 1.00 bits per heavy atom. The van der Waals surface area contributed by atoms with Gasteiger partial charge in [0, 0.05) is 54.6 Å². The lowest BCUT2D eigenvalue weighted by atomic mass is 9.97. The molecule has 6 heteroatoms. The monoisotopic (exact) mass is 811 g/mol. The van der Waals surface area contributed by atoms with E-state index in [2.05, 4.69) is 47.0 Å². The Morgan fingerprint density at radius 3 is 1.79 bits per heavy atom. The van der Waals surface area contributed by atoms with Crippen molar-refractivity contribution in [1.82, 2.24) is 24.1 Å². The molecule has 0 saturated carbocycles. The molecule has 63 heavy (non-hydrogen) atoms. The van der Waals surface area contributed by atoms with E-state index in [1.54, 1.807) is 4.57 Å². The van der Waals surface area contributed by atoms with Crippen molar-refractivity contribution in [3.05, 3.63) is 212 Å². The Labute approximate surface area is 370 Å². The van der Waals surface area contributed by atoms with E-state index in [1.165, 1.54) is 12.1 Å². The van der Waals surface area contributed by atoms with E-state index in [-0.39, 0.29) is 63.9 Å². The van der Waals surface area contributed by atoms with Gasteiger partial charge < -0.3 is 8.98 Å². The average Bonchev–Trinajstić information content (AvgIpc) is 4.06. The molecule has 4 heterocycles. The van der Waals surface area contributed by atoms with Gasteiger partial charge in [-0.25, -0.2) is 4.98 Å². The summed E-state index contributed by atoms with van der Waals surface area (Å²) in [4.78, 5) is 16.0. The van der Waals surface area contributed by atoms with E-state index in [0.29, 0.717) is 45.3 Å². The van der Waals surface area contributed by atoms with Gasteiger partial charge in [0.2, 0.25) is 5.95 Å². The molecule has 13 aromatic rings. The smallest absolute Gasteiger partial charge is 0.238 e. The number of rotatable bonds is 6. The summed E-state index contributed by atoms with van der Waals surface area (Å²) in [6.07, 6.45) is 0. The van der Waals surface area contributed by atoms with Crippen LogP contribution in [0.4, 0.5) is 0 Å². The maximum Gasteiger partial charge on any atom is 0.238 e. The van der Waals surface area contributed by atoms with E-state index in [0.717, 1.165) is 49.3 Å². The fourth-order valence-corrected chi connectivity index (χ4v) is 9.18. The fraction of sp³-hybridized carbons (Fsp3) is 0. The summed E-state index contributed by atoms with van der Waals surface area (Å²) in [5.41, 5.74) is 8.63. The third kappa shape index (κ3) is 5.48. The van der Waals surface area contributed by atoms with Gasteiger partial charge in [-0.15, -0.1) is 0 Å². The van der Waals surface area contributed by atoms with Crippen molar-refractivity contribution in [2.75, 3.05) is 0 Å². The molecule has 0 atom stereocenters. The molecule has 0 aliphatic heterocycles. The number of hydrogen-bond donors (Lipinski definition) is 0. The number of aromatic nitrogens is 5. The van der Waals surface area contributed by atoms with Crippen LogP contribution in [0.25, 0.3) is 122 Å². The molecule has 0 fully saturated rings. The Balaban J connectivity index is 1.20. The van der Waals surface area contributed by atoms with Crippen LogP contribution < -0.4 is 0 Å². The van der Waals surface area contributed by atoms with Crippen LogP contribution >= 0.6 is 0 Å². The molecule has 0 bridgehead atoms. The summed E-state index contributed by atoms with van der Waals surface area (Å²) < 4.78 is 65.6. The van der Waals surface area contributed by atoms with Gasteiger partial charge in [0.15, 0.2) is 11.6 Å². The number of furan rings is 1. The van der Waals surface area contributed by atoms with Gasteiger partial charge in [-0.05, 0) is 47.5 Å². The van der Waals surface area contributed by atoms with Crippen molar-refractivity contribution in [2.45, 2.75) is 0 Å². The molecule has 0 aliphatic carbocycles. The largest absolute Gasteiger partial charge is 0.455 e. The summed E-state index contributed by atoms with van der Waals surface area (Å²) >= 11 is 0. The average molecular weight is 812 g/mol. The molecule has 0 saturated heterocycles. The second-order valence-corrected chi connectivity index (χ2v) is 15.5. The molecule has 0 spiro atoms. The van der Waals surface area contributed by atoms with E-state index < -0.39 is 0 Å². The van der Waals surface area contributed by atoms with E-state index in [1.807, 2.05) is 121 Å². The Morgan fingerprint density at radius 1 is 0.381 bits per heavy atom. The molecular weight excluding hydrogens is 771 g/mol. The maximum absolute atomic E-state index is 9.52. The molecule has 4 aromatic heterocycles. The van der Waals surface area contributed by atoms with Gasteiger partial charge in [0.1, 0.15) is 11.2 Å². The lowest BCUT2D eigenvalue weighted by Crippen LogP contribution is -2.08. The first kappa shape index (κ1) is 29.6. The number of benzene rings is 9. The summed E-state index contributed by atoms with van der Waals surface area (Å²) in [6, 6.07) is 55.8. The van der Waals surface area contributed by atoms with Crippen LogP contribution in [0.1, 0.15) is 8.22 Å². The lowest BCUT2D eigenvalue weighted by Gasteiger charge is -2.19. The van der Waals surface area contributed by atoms with Crippen molar-refractivity contribution < 1.29 is 12.6 Å². The number of para-hydroxylation sites is 6. The minimum atomic E-state index is -0.211. The summed E-state index contributed by atoms with van der Waals surface area (Å²) in [6.45, 7) is 0. The highest BCUT2D eigenvalue weighted by Gasteiger charge is 2.25. The minimum Gasteiger partial charge on any atom is -0.455 e. The van der Waals surface area contributed by atoms with Gasteiger partial charge in [0.05, 0.1) is 36.0 Å². The second-order valence-electron chi connectivity index (χ2n) is 15.5. The quantitative estimate of drug-likeness (QED) is 0.168. The van der Waals surface area contributed by atoms with Crippen molar-refractivity contribution in [3.63, 3.8) is 0 Å². The first-order valence-electron chi connectivity index (χ1n) is 23.7. The zero-order valence-corrected chi connectivity index (χ0v) is 33.4. The highest BCUT2D eigenvalue weighted by molar-refractivity contribution is 6.14. The fourth-order valence-electron chi connectivity index (χ4n) is 9.18. The van der Waals surface area contributed by atoms with Crippen LogP contribution in [-0.2, 0) is 0 Å². The molecule has 0 unspecified atom stereocenters. The zero-order chi connectivity index (χ0) is 46.7. The predicted molar refractivity (Wildman–Crippen MR) is 258 cm³/mol. The van der Waals surface area contributed by atoms with Gasteiger partial charge in [0.25, 0.3) is 0 Å². The van der Waals surface area contributed by atoms with Crippen LogP contribution in [0.2, 0.25) is 0 Å². The summed E-state index contributed by atoms with van der Waals surface area (Å²) in [5, 5.41) is 4.14. The molecular formula is C57H35N5O. The third-order valence-electron chi connectivity index (χ3n) is 12.0. The molecule has 13 rings (SSSR count). The van der Waals surface area contributed by atoms with Gasteiger partial charge in [-0.3, -0.25) is 4.57 Å². The predicted octanol–water partition coefficient (Wildman–Crippen LogP) is 14.6. The lowest BCUT2D eigenvalue weighted by molar-refractivity contribution is 0.670. The van der Waals surface area contributed by atoms with Gasteiger partial charge in [-0.2, -0.15) is 9.97 Å². The molecule has 0 radical (unpaired) electrons. The third-order valence-corrected chi connectivity index (χ3v) is 12.0. The highest BCUT2D eigenvalue weighted by Crippen LogP contribution is 2.44. The first-order valence-corrected chi connectivity index (χ1v) is 20.7. The highest BCUT2D eigenvalue weighted by atomic mass is 16.3. The van der Waals surface area contributed by atoms with E-state index in [9.17, 15) is 5.48 Å². The summed E-state index contributed by atoms with van der Waals surface area (Å²) in [7, 11) is 0. The van der Waals surface area contributed by atoms with Crippen molar-refractivity contribution in [2.24, 2.45) is 0 Å². The van der Waals surface area contributed by atoms with E-state index in [4.69, 9.17) is 22.1 Å². The van der Waals surface area contributed by atoms with Crippen molar-refractivity contribution in [3.8, 4) is 56.7 Å². The SMILES string of the molecule is [2H]c1cc([2H])c2c(c1[2H])c1c([2H])c([2H])cc([2H])c1n2-c1c(-c2nc(-c3ccccc3)nc(-n3c4ccccc4c4ccc(-c5ccccc5)cc43)n2)cccc1-c1cccc2c1oc1ccccc12. The number of nitrogens with zero attached hydrogens (tertiary/aromatic N) is 5. The van der Waals surface area contributed by atoms with Crippen LogP contribution in [0, 0.1) is 0 Å². The Bertz CT molecular complexity index is 4210. The molecule has 0 amide bonds. The standard InChI is InChI=1S/C57H35N5O/c1-3-17-36(18-4-1)38-33-34-42-41-23-9-13-31-50(41)62(51(42)35-38)57-59-55(37-19-5-2-6-20-37)58-56(60-57)47-28-15-25-44(46-27-16-26-45-43-24-10-14-32-52(43)63-54(45)46)53(47)61-48-29-11-7-21-39(48)40-22-8-12-30-49(40)61/h1-35H/i7D,8D,21D,22D,29D,30D. The molecule has 6 nitrogen and oxygen atoms in total. The first-order chi connectivity index (χ1) is 33.7. The van der Waals surface area contributed by atoms with Crippen molar-refractivity contribution >= 4 is 65.6 Å². The van der Waals surface area contributed by atoms with Crippen LogP contribution in [-0.4, -0.2) is 24.1 Å². The second kappa shape index (κ2) is 14.0. The maximum atomic E-state index is 9.52. The van der Waals surface area contributed by atoms with Crippen LogP contribution in [0.5, 0.6) is 0 Å². The van der Waals surface area contributed by atoms with Crippen LogP contribution in [0.15, 0.2) is 217 Å². The van der Waals surface area contributed by atoms with E-state index >= 15 is 0 Å². The van der Waals surface area contributed by atoms with Gasteiger partial charge >= 0.3 is 0 Å². The zero-order valence-electron chi connectivity index (χ0n) is 39.4. The summed E-state index contributed by atoms with van der Waals surface area (Å²) in [5.74, 6) is 1.04. The minimum absolute atomic E-state index is 0.0870. The molecule has 294 valence electrons. The van der Waals surface area contributed by atoms with Gasteiger partial charge in [-0.1, -0.05) is 176 Å². The van der Waals surface area contributed by atoms with Crippen molar-refractivity contribution in [1.29, 1.82) is 0 Å². The number of hydrogen-bond acceptors (Lipinski definition) is 4. The molecule has 0 aliphatic rings.